The molecule has 0 bridgehead atoms. The first-order chi connectivity index (χ1) is 18.6. The van der Waals surface area contributed by atoms with Gasteiger partial charge in [0.25, 0.3) is 5.91 Å². The van der Waals surface area contributed by atoms with Gasteiger partial charge in [-0.1, -0.05) is 12.1 Å². The Kier molecular flexibility index (Phi) is 7.23. The van der Waals surface area contributed by atoms with E-state index in [0.717, 1.165) is 65.2 Å². The van der Waals surface area contributed by atoms with Crippen LogP contribution < -0.4 is 0 Å². The van der Waals surface area contributed by atoms with Gasteiger partial charge in [-0.3, -0.25) is 14.5 Å². The molecule has 1 aliphatic heterocycles. The van der Waals surface area contributed by atoms with Gasteiger partial charge in [0.2, 0.25) is 5.91 Å². The van der Waals surface area contributed by atoms with Crippen molar-refractivity contribution in [2.75, 3.05) is 41.3 Å². The van der Waals surface area contributed by atoms with Gasteiger partial charge in [0.15, 0.2) is 5.65 Å². The Hall–Kier alpha value is -4.04. The average Bonchev–Trinajstić information content (AvgIpc) is 3.34. The molecule has 2 aromatic heterocycles. The van der Waals surface area contributed by atoms with Crippen molar-refractivity contribution < 1.29 is 9.59 Å². The Morgan fingerprint density at radius 2 is 1.77 bits per heavy atom. The van der Waals surface area contributed by atoms with Crippen molar-refractivity contribution in [2.45, 2.75) is 33.2 Å². The van der Waals surface area contributed by atoms with E-state index in [1.165, 1.54) is 16.7 Å². The number of hydrogen-bond acceptors (Lipinski definition) is 5. The van der Waals surface area contributed by atoms with E-state index in [1.807, 2.05) is 37.5 Å². The highest BCUT2D eigenvalue weighted by atomic mass is 16.2. The van der Waals surface area contributed by atoms with E-state index in [2.05, 4.69) is 33.9 Å². The van der Waals surface area contributed by atoms with E-state index >= 15 is 0 Å². The van der Waals surface area contributed by atoms with E-state index < -0.39 is 0 Å². The molecule has 39 heavy (non-hydrogen) atoms. The molecule has 4 aromatic rings. The summed E-state index contributed by atoms with van der Waals surface area (Å²) in [6.45, 7) is 6.68. The van der Waals surface area contributed by atoms with Gasteiger partial charge in [-0.25, -0.2) is 9.97 Å². The number of amides is 2. The van der Waals surface area contributed by atoms with Crippen LogP contribution in [-0.2, 0) is 17.8 Å². The minimum atomic E-state index is -0.00861. The molecule has 0 saturated carbocycles. The Morgan fingerprint density at radius 1 is 1.00 bits per heavy atom. The number of rotatable bonds is 6. The van der Waals surface area contributed by atoms with Gasteiger partial charge in [0.1, 0.15) is 5.52 Å². The third kappa shape index (κ3) is 5.29. The third-order valence-electron chi connectivity index (χ3n) is 7.63. The Labute approximate surface area is 229 Å². The first kappa shape index (κ1) is 26.6. The fourth-order valence-corrected chi connectivity index (χ4v) is 5.36. The maximum Gasteiger partial charge on any atom is 0.253 e. The van der Waals surface area contributed by atoms with Gasteiger partial charge in [-0.15, -0.1) is 0 Å². The number of fused-ring (bicyclic) bond motifs is 2. The van der Waals surface area contributed by atoms with Crippen LogP contribution in [0.3, 0.4) is 0 Å². The van der Waals surface area contributed by atoms with Crippen molar-refractivity contribution in [3.63, 3.8) is 0 Å². The van der Waals surface area contributed by atoms with E-state index in [9.17, 15) is 9.59 Å². The predicted octanol–water partition coefficient (Wildman–Crippen LogP) is 4.45. The van der Waals surface area contributed by atoms with Crippen LogP contribution in [0.1, 0.15) is 39.0 Å². The highest BCUT2D eigenvalue weighted by molar-refractivity contribution is 5.97. The van der Waals surface area contributed by atoms with Gasteiger partial charge in [0, 0.05) is 77.1 Å². The standard InChI is InChI=1S/C31H36N6O2/c1-19-14-22(15-23-18-37(11-9-24(19)23)12-10-28(38)35(3)4)27-17-33-30-29(34-27)26(16-32-30)21-7-8-25(20(2)13-21)31(39)36(5)6/h7-8,13-17H,9-12,18H2,1-6H3,(H,32,33). The van der Waals surface area contributed by atoms with E-state index in [-0.39, 0.29) is 11.8 Å². The normalized spacial score (nSPS) is 13.4. The lowest BCUT2D eigenvalue weighted by atomic mass is 9.92. The Balaban J connectivity index is 1.45. The molecule has 1 aliphatic rings. The molecule has 0 radical (unpaired) electrons. The minimum absolute atomic E-state index is 0.00861. The first-order valence-corrected chi connectivity index (χ1v) is 13.3. The van der Waals surface area contributed by atoms with Gasteiger partial charge in [-0.05, 0) is 66.3 Å². The molecule has 0 saturated heterocycles. The summed E-state index contributed by atoms with van der Waals surface area (Å²) in [6, 6.07) is 10.3. The summed E-state index contributed by atoms with van der Waals surface area (Å²) < 4.78 is 0. The molecule has 202 valence electrons. The van der Waals surface area contributed by atoms with Crippen LogP contribution in [0.5, 0.6) is 0 Å². The lowest BCUT2D eigenvalue weighted by molar-refractivity contribution is -0.129. The van der Waals surface area contributed by atoms with Crippen molar-refractivity contribution >= 4 is 23.0 Å². The summed E-state index contributed by atoms with van der Waals surface area (Å²) in [5, 5.41) is 0. The van der Waals surface area contributed by atoms with Gasteiger partial charge in [-0.2, -0.15) is 0 Å². The molecule has 8 heteroatoms. The molecule has 8 nitrogen and oxygen atoms in total. The van der Waals surface area contributed by atoms with Crippen molar-refractivity contribution in [2.24, 2.45) is 0 Å². The van der Waals surface area contributed by atoms with Crippen molar-refractivity contribution in [1.82, 2.24) is 29.7 Å². The zero-order chi connectivity index (χ0) is 27.8. The number of H-pyrrole nitrogens is 1. The highest BCUT2D eigenvalue weighted by Crippen LogP contribution is 2.32. The summed E-state index contributed by atoms with van der Waals surface area (Å²) >= 11 is 0. The van der Waals surface area contributed by atoms with E-state index in [1.54, 1.807) is 38.0 Å². The number of carbonyl (C=O) groups excluding carboxylic acids is 2. The highest BCUT2D eigenvalue weighted by Gasteiger charge is 2.21. The van der Waals surface area contributed by atoms with Gasteiger partial charge in [0.05, 0.1) is 11.9 Å². The molecule has 0 fully saturated rings. The van der Waals surface area contributed by atoms with Crippen LogP contribution >= 0.6 is 0 Å². The number of benzene rings is 2. The first-order valence-electron chi connectivity index (χ1n) is 13.3. The second-order valence-electron chi connectivity index (χ2n) is 10.9. The number of aryl methyl sites for hydroxylation is 2. The fourth-order valence-electron chi connectivity index (χ4n) is 5.36. The number of nitrogens with one attached hydrogen (secondary N) is 1. The van der Waals surface area contributed by atoms with Crippen LogP contribution in [0.15, 0.2) is 42.7 Å². The number of carbonyl (C=O) groups is 2. The molecule has 0 atom stereocenters. The quantitative estimate of drug-likeness (QED) is 0.403. The van der Waals surface area contributed by atoms with Crippen LogP contribution in [-0.4, -0.2) is 82.7 Å². The lowest BCUT2D eigenvalue weighted by Gasteiger charge is -2.30. The molecule has 0 unspecified atom stereocenters. The maximum absolute atomic E-state index is 12.5. The molecule has 3 heterocycles. The predicted molar refractivity (Wildman–Crippen MR) is 155 cm³/mol. The SMILES string of the molecule is Cc1cc(-c2c[nH]c3ncc(-c4cc(C)c5c(c4)CN(CCC(=O)N(C)C)CC5)nc23)ccc1C(=O)N(C)C. The molecular formula is C31H36N6O2. The topological polar surface area (TPSA) is 85.4 Å². The fraction of sp³-hybridized carbons (Fsp3) is 0.355. The second kappa shape index (κ2) is 10.6. The average molecular weight is 525 g/mol. The summed E-state index contributed by atoms with van der Waals surface area (Å²) in [5.41, 5.74) is 10.9. The molecular weight excluding hydrogens is 488 g/mol. The molecule has 0 aliphatic carbocycles. The van der Waals surface area contributed by atoms with Crippen LogP contribution in [0, 0.1) is 13.8 Å². The molecule has 0 spiro atoms. The van der Waals surface area contributed by atoms with Crippen LogP contribution in [0.25, 0.3) is 33.5 Å². The van der Waals surface area contributed by atoms with Crippen molar-refractivity contribution in [1.29, 1.82) is 0 Å². The zero-order valence-electron chi connectivity index (χ0n) is 23.6. The van der Waals surface area contributed by atoms with E-state index in [4.69, 9.17) is 4.98 Å². The zero-order valence-corrected chi connectivity index (χ0v) is 23.6. The second-order valence-corrected chi connectivity index (χ2v) is 10.9. The smallest absolute Gasteiger partial charge is 0.253 e. The van der Waals surface area contributed by atoms with Crippen LogP contribution in [0.2, 0.25) is 0 Å². The lowest BCUT2D eigenvalue weighted by Crippen LogP contribution is -2.34. The molecule has 2 amide bonds. The number of aromatic amines is 1. The Bertz CT molecular complexity index is 1570. The molecule has 2 aromatic carbocycles. The van der Waals surface area contributed by atoms with Gasteiger partial charge < -0.3 is 14.8 Å². The molecule has 1 N–H and O–H groups in total. The van der Waals surface area contributed by atoms with Crippen LogP contribution in [0.4, 0.5) is 0 Å². The number of nitrogens with zero attached hydrogens (tertiary/aromatic N) is 5. The monoisotopic (exact) mass is 524 g/mol. The van der Waals surface area contributed by atoms with Gasteiger partial charge >= 0.3 is 0 Å². The summed E-state index contributed by atoms with van der Waals surface area (Å²) in [5.74, 6) is 0.149. The molecule has 5 rings (SSSR count). The third-order valence-corrected chi connectivity index (χ3v) is 7.63. The summed E-state index contributed by atoms with van der Waals surface area (Å²) in [6.07, 6.45) is 5.27. The maximum atomic E-state index is 12.5. The number of aromatic nitrogens is 3. The van der Waals surface area contributed by atoms with E-state index in [0.29, 0.717) is 12.0 Å². The minimum Gasteiger partial charge on any atom is -0.349 e. The summed E-state index contributed by atoms with van der Waals surface area (Å²) in [4.78, 5) is 43.2. The number of hydrogen-bond donors (Lipinski definition) is 1. The van der Waals surface area contributed by atoms with Crippen molar-refractivity contribution in [3.05, 3.63) is 70.5 Å². The largest absolute Gasteiger partial charge is 0.349 e. The Morgan fingerprint density at radius 3 is 2.49 bits per heavy atom. The van der Waals surface area contributed by atoms with Crippen molar-refractivity contribution in [3.8, 4) is 22.4 Å². The summed E-state index contributed by atoms with van der Waals surface area (Å²) in [7, 11) is 7.14.